The Bertz CT molecular complexity index is 635. The van der Waals surface area contributed by atoms with Gasteiger partial charge in [-0.1, -0.05) is 23.7 Å². The van der Waals surface area contributed by atoms with Gasteiger partial charge in [0.05, 0.1) is 0 Å². The van der Waals surface area contributed by atoms with Gasteiger partial charge in [-0.15, -0.1) is 13.2 Å². The van der Waals surface area contributed by atoms with E-state index < -0.39 is 11.9 Å². The summed E-state index contributed by atoms with van der Waals surface area (Å²) < 4.78 is 39.7. The largest absolute Gasteiger partial charge is 0.573 e. The lowest BCUT2D eigenvalue weighted by molar-refractivity contribution is -0.274. The lowest BCUT2D eigenvalue weighted by Crippen LogP contribution is -2.16. The van der Waals surface area contributed by atoms with Crippen LogP contribution in [0.25, 0.3) is 11.1 Å². The molecule has 3 nitrogen and oxygen atoms in total. The maximum Gasteiger partial charge on any atom is 0.573 e. The molecular formula is C12H7ClF3NO2. The van der Waals surface area contributed by atoms with Crippen LogP contribution in [0, 0.1) is 0 Å². The molecule has 1 aromatic heterocycles. The van der Waals surface area contributed by atoms with Crippen LogP contribution in [0.1, 0.15) is 0 Å². The van der Waals surface area contributed by atoms with E-state index in [-0.39, 0.29) is 10.8 Å². The molecular weight excluding hydrogens is 283 g/mol. The molecule has 0 saturated carbocycles. The van der Waals surface area contributed by atoms with E-state index in [0.29, 0.717) is 11.1 Å². The molecule has 0 spiro atoms. The zero-order chi connectivity index (χ0) is 14.0. The lowest BCUT2D eigenvalue weighted by atomic mass is 10.1. The van der Waals surface area contributed by atoms with Crippen molar-refractivity contribution >= 4 is 11.6 Å². The van der Waals surface area contributed by atoms with Gasteiger partial charge in [0, 0.05) is 11.8 Å². The van der Waals surface area contributed by atoms with E-state index in [2.05, 4.69) is 9.72 Å². The van der Waals surface area contributed by atoms with Gasteiger partial charge in [0.25, 0.3) is 5.56 Å². The van der Waals surface area contributed by atoms with Crippen LogP contribution in [-0.4, -0.2) is 11.3 Å². The van der Waals surface area contributed by atoms with E-state index in [4.69, 9.17) is 11.6 Å². The summed E-state index contributed by atoms with van der Waals surface area (Å²) in [5.41, 5.74) is 0.490. The van der Waals surface area contributed by atoms with Gasteiger partial charge in [0.2, 0.25) is 0 Å². The smallest absolute Gasteiger partial charge is 0.406 e. The zero-order valence-electron chi connectivity index (χ0n) is 9.29. The van der Waals surface area contributed by atoms with E-state index >= 15 is 0 Å². The molecule has 1 heterocycles. The molecule has 7 heteroatoms. The fraction of sp³-hybridized carbons (Fsp3) is 0.0833. The van der Waals surface area contributed by atoms with Crippen LogP contribution in [0.15, 0.2) is 41.3 Å². The molecule has 1 aromatic carbocycles. The van der Waals surface area contributed by atoms with Crippen molar-refractivity contribution in [1.82, 2.24) is 4.98 Å². The minimum absolute atomic E-state index is 0.0213. The maximum absolute atomic E-state index is 12.0. The molecule has 0 unspecified atom stereocenters. The number of rotatable bonds is 2. The minimum Gasteiger partial charge on any atom is -0.406 e. The van der Waals surface area contributed by atoms with Crippen molar-refractivity contribution in [3.05, 3.63) is 51.9 Å². The quantitative estimate of drug-likeness (QED) is 0.918. The number of nitrogens with one attached hydrogen (secondary N) is 1. The van der Waals surface area contributed by atoms with Crippen molar-refractivity contribution < 1.29 is 17.9 Å². The van der Waals surface area contributed by atoms with Gasteiger partial charge in [0.15, 0.2) is 0 Å². The molecule has 0 saturated heterocycles. The van der Waals surface area contributed by atoms with Crippen LogP contribution in [-0.2, 0) is 0 Å². The molecule has 0 bridgehead atoms. The Morgan fingerprint density at radius 2 is 1.74 bits per heavy atom. The Hall–Kier alpha value is -1.95. The molecule has 19 heavy (non-hydrogen) atoms. The third-order valence-electron chi connectivity index (χ3n) is 2.30. The van der Waals surface area contributed by atoms with Crippen LogP contribution in [0.4, 0.5) is 13.2 Å². The summed E-state index contributed by atoms with van der Waals surface area (Å²) in [4.78, 5) is 13.7. The van der Waals surface area contributed by atoms with Crippen LogP contribution in [0.5, 0.6) is 5.75 Å². The van der Waals surface area contributed by atoms with E-state index in [1.165, 1.54) is 18.3 Å². The summed E-state index contributed by atoms with van der Waals surface area (Å²) in [6, 6.07) is 6.65. The van der Waals surface area contributed by atoms with Gasteiger partial charge < -0.3 is 9.72 Å². The second-order valence-electron chi connectivity index (χ2n) is 3.61. The first-order valence-electron chi connectivity index (χ1n) is 5.10. The molecule has 2 aromatic rings. The number of aromatic amines is 1. The third kappa shape index (κ3) is 3.29. The highest BCUT2D eigenvalue weighted by Crippen LogP contribution is 2.28. The number of ether oxygens (including phenoxy) is 1. The molecule has 0 amide bonds. The molecule has 2 rings (SSSR count). The van der Waals surface area contributed by atoms with Crippen molar-refractivity contribution in [3.8, 4) is 16.9 Å². The normalized spacial score (nSPS) is 11.4. The average Bonchev–Trinajstić information content (AvgIpc) is 2.32. The minimum atomic E-state index is -4.73. The first-order valence-corrected chi connectivity index (χ1v) is 5.48. The van der Waals surface area contributed by atoms with E-state index in [1.807, 2.05) is 0 Å². The number of hydrogen-bond acceptors (Lipinski definition) is 2. The fourth-order valence-corrected chi connectivity index (χ4v) is 1.75. The number of aromatic nitrogens is 1. The van der Waals surface area contributed by atoms with Crippen LogP contribution in [0.3, 0.4) is 0 Å². The highest BCUT2D eigenvalue weighted by Gasteiger charge is 2.30. The summed E-state index contributed by atoms with van der Waals surface area (Å²) >= 11 is 5.82. The predicted molar refractivity (Wildman–Crippen MR) is 64.2 cm³/mol. The van der Waals surface area contributed by atoms with Gasteiger partial charge in [0.1, 0.15) is 10.8 Å². The molecule has 0 radical (unpaired) electrons. The summed E-state index contributed by atoms with van der Waals surface area (Å²) in [5, 5.41) is -0.0213. The second kappa shape index (κ2) is 4.97. The lowest BCUT2D eigenvalue weighted by Gasteiger charge is -2.09. The first kappa shape index (κ1) is 13.5. The number of benzene rings is 1. The van der Waals surface area contributed by atoms with E-state index in [0.717, 1.165) is 12.1 Å². The Balaban J connectivity index is 2.33. The molecule has 1 N–H and O–H groups in total. The topological polar surface area (TPSA) is 42.1 Å². The molecule has 100 valence electrons. The number of H-pyrrole nitrogens is 1. The molecule has 0 aliphatic carbocycles. The first-order chi connectivity index (χ1) is 8.87. The van der Waals surface area contributed by atoms with Crippen LogP contribution >= 0.6 is 11.6 Å². The Morgan fingerprint density at radius 1 is 1.11 bits per heavy atom. The average molecular weight is 290 g/mol. The van der Waals surface area contributed by atoms with Crippen molar-refractivity contribution in [2.24, 2.45) is 0 Å². The van der Waals surface area contributed by atoms with E-state index in [1.54, 1.807) is 6.07 Å². The van der Waals surface area contributed by atoms with Crippen molar-refractivity contribution in [2.45, 2.75) is 6.36 Å². The maximum atomic E-state index is 12.0. The van der Waals surface area contributed by atoms with Crippen molar-refractivity contribution in [2.75, 3.05) is 0 Å². The van der Waals surface area contributed by atoms with Crippen LogP contribution < -0.4 is 10.3 Å². The second-order valence-corrected chi connectivity index (χ2v) is 3.98. The highest BCUT2D eigenvalue weighted by molar-refractivity contribution is 6.33. The van der Waals surface area contributed by atoms with Crippen LogP contribution in [0.2, 0.25) is 5.02 Å². The SMILES string of the molecule is O=c1[nH]ccc(-c2ccc(OC(F)(F)F)cc2)c1Cl. The number of alkyl halides is 3. The zero-order valence-corrected chi connectivity index (χ0v) is 10.0. The van der Waals surface area contributed by atoms with Crippen molar-refractivity contribution in [3.63, 3.8) is 0 Å². The van der Waals surface area contributed by atoms with Crippen molar-refractivity contribution in [1.29, 1.82) is 0 Å². The van der Waals surface area contributed by atoms with E-state index in [9.17, 15) is 18.0 Å². The Kier molecular flexibility index (Phi) is 3.53. The van der Waals surface area contributed by atoms with Gasteiger partial charge in [-0.05, 0) is 23.8 Å². The van der Waals surface area contributed by atoms with Gasteiger partial charge in [-0.3, -0.25) is 4.79 Å². The Morgan fingerprint density at radius 3 is 2.32 bits per heavy atom. The standard InChI is InChI=1S/C12H7ClF3NO2/c13-10-9(5-6-17-11(10)18)7-1-3-8(4-2-7)19-12(14,15)16/h1-6H,(H,17,18). The summed E-state index contributed by atoms with van der Waals surface area (Å²) in [6.45, 7) is 0. The molecule has 0 atom stereocenters. The number of pyridine rings is 1. The monoisotopic (exact) mass is 289 g/mol. The summed E-state index contributed by atoms with van der Waals surface area (Å²) in [5.74, 6) is -0.336. The Labute approximate surface area is 110 Å². The van der Waals surface area contributed by atoms with Gasteiger partial charge >= 0.3 is 6.36 Å². The van der Waals surface area contributed by atoms with Gasteiger partial charge in [-0.2, -0.15) is 0 Å². The predicted octanol–water partition coefficient (Wildman–Crippen LogP) is 3.59. The molecule has 0 fully saturated rings. The highest BCUT2D eigenvalue weighted by atomic mass is 35.5. The van der Waals surface area contributed by atoms with Gasteiger partial charge in [-0.25, -0.2) is 0 Å². The fourth-order valence-electron chi connectivity index (χ4n) is 1.52. The number of halogens is 4. The summed E-state index contributed by atoms with van der Waals surface area (Å²) in [6.07, 6.45) is -3.33. The molecule has 0 aliphatic heterocycles. The number of hydrogen-bond donors (Lipinski definition) is 1. The molecule has 0 aliphatic rings. The third-order valence-corrected chi connectivity index (χ3v) is 2.67. The summed E-state index contributed by atoms with van der Waals surface area (Å²) in [7, 11) is 0.